The van der Waals surface area contributed by atoms with Crippen molar-refractivity contribution in [3.63, 3.8) is 0 Å². The van der Waals surface area contributed by atoms with Crippen LogP contribution in [0.2, 0.25) is 0 Å². The Balaban J connectivity index is 2.24. The summed E-state index contributed by atoms with van der Waals surface area (Å²) in [5, 5.41) is 0.840. The molecule has 0 spiro atoms. The summed E-state index contributed by atoms with van der Waals surface area (Å²) in [5.74, 6) is 1.29. The van der Waals surface area contributed by atoms with Crippen LogP contribution in [0.25, 0.3) is 0 Å². The maximum absolute atomic E-state index is 5.75. The SMILES string of the molecule is CCC1CN(CCCC(C)(C)C(N)=S)CCS1. The van der Waals surface area contributed by atoms with Gasteiger partial charge in [0.15, 0.2) is 0 Å². The predicted molar refractivity (Wildman–Crippen MR) is 82.8 cm³/mol. The topological polar surface area (TPSA) is 29.3 Å². The lowest BCUT2D eigenvalue weighted by atomic mass is 9.88. The molecule has 1 aliphatic heterocycles. The van der Waals surface area contributed by atoms with Crippen molar-refractivity contribution in [1.29, 1.82) is 0 Å². The molecule has 0 bridgehead atoms. The van der Waals surface area contributed by atoms with E-state index in [1.165, 1.54) is 38.2 Å². The van der Waals surface area contributed by atoms with Gasteiger partial charge in [-0.05, 0) is 25.8 Å². The first-order valence-electron chi connectivity index (χ1n) is 6.59. The van der Waals surface area contributed by atoms with Crippen LogP contribution in [0, 0.1) is 5.41 Å². The predicted octanol–water partition coefficient (Wildman–Crippen LogP) is 2.91. The molecule has 1 fully saturated rings. The fraction of sp³-hybridized carbons (Fsp3) is 0.923. The van der Waals surface area contributed by atoms with Gasteiger partial charge in [0, 0.05) is 29.5 Å². The van der Waals surface area contributed by atoms with Crippen molar-refractivity contribution >= 4 is 29.0 Å². The molecule has 0 radical (unpaired) electrons. The van der Waals surface area contributed by atoms with Gasteiger partial charge in [-0.2, -0.15) is 11.8 Å². The van der Waals surface area contributed by atoms with Crippen molar-refractivity contribution in [3.8, 4) is 0 Å². The van der Waals surface area contributed by atoms with Crippen LogP contribution < -0.4 is 5.73 Å². The van der Waals surface area contributed by atoms with Gasteiger partial charge in [-0.15, -0.1) is 0 Å². The second-order valence-electron chi connectivity index (χ2n) is 5.55. The first-order chi connectivity index (χ1) is 7.95. The van der Waals surface area contributed by atoms with Gasteiger partial charge in [0.25, 0.3) is 0 Å². The first-order valence-corrected chi connectivity index (χ1v) is 8.05. The zero-order chi connectivity index (χ0) is 12.9. The average Bonchev–Trinajstić information content (AvgIpc) is 2.29. The van der Waals surface area contributed by atoms with Crippen molar-refractivity contribution in [3.05, 3.63) is 0 Å². The Bertz CT molecular complexity index is 254. The van der Waals surface area contributed by atoms with Crippen molar-refractivity contribution in [1.82, 2.24) is 4.90 Å². The van der Waals surface area contributed by atoms with E-state index in [0.717, 1.165) is 11.7 Å². The van der Waals surface area contributed by atoms with Crippen LogP contribution in [0.15, 0.2) is 0 Å². The molecule has 1 atom stereocenters. The maximum Gasteiger partial charge on any atom is 0.0784 e. The smallest absolute Gasteiger partial charge is 0.0784 e. The van der Waals surface area contributed by atoms with E-state index in [0.29, 0.717) is 4.99 Å². The van der Waals surface area contributed by atoms with Gasteiger partial charge in [-0.3, -0.25) is 0 Å². The average molecular weight is 274 g/mol. The Morgan fingerprint density at radius 3 is 2.82 bits per heavy atom. The van der Waals surface area contributed by atoms with Gasteiger partial charge in [0.1, 0.15) is 0 Å². The van der Waals surface area contributed by atoms with Gasteiger partial charge < -0.3 is 10.6 Å². The Hall–Kier alpha value is 0.200. The van der Waals surface area contributed by atoms with E-state index in [-0.39, 0.29) is 5.41 Å². The van der Waals surface area contributed by atoms with Crippen LogP contribution in [-0.2, 0) is 0 Å². The molecule has 1 rings (SSSR count). The summed E-state index contributed by atoms with van der Waals surface area (Å²) in [4.78, 5) is 3.25. The third kappa shape index (κ3) is 5.14. The molecule has 1 heterocycles. The molecule has 1 unspecified atom stereocenters. The zero-order valence-electron chi connectivity index (χ0n) is 11.4. The lowest BCUT2D eigenvalue weighted by Crippen LogP contribution is -2.39. The molecular formula is C13H26N2S2. The largest absolute Gasteiger partial charge is 0.393 e. The second kappa shape index (κ2) is 6.95. The number of hydrogen-bond donors (Lipinski definition) is 1. The fourth-order valence-corrected chi connectivity index (χ4v) is 3.45. The molecule has 4 heteroatoms. The van der Waals surface area contributed by atoms with Crippen molar-refractivity contribution in [2.75, 3.05) is 25.4 Å². The quantitative estimate of drug-likeness (QED) is 0.754. The van der Waals surface area contributed by atoms with E-state index in [2.05, 4.69) is 37.4 Å². The highest BCUT2D eigenvalue weighted by Crippen LogP contribution is 2.25. The third-order valence-corrected chi connectivity index (χ3v) is 5.55. The zero-order valence-corrected chi connectivity index (χ0v) is 13.0. The summed E-state index contributed by atoms with van der Waals surface area (Å²) in [7, 11) is 0. The van der Waals surface area contributed by atoms with E-state index in [9.17, 15) is 0 Å². The third-order valence-electron chi connectivity index (χ3n) is 3.62. The summed E-state index contributed by atoms with van der Waals surface area (Å²) < 4.78 is 0. The molecule has 1 aliphatic rings. The molecule has 0 aromatic rings. The van der Waals surface area contributed by atoms with Gasteiger partial charge in [-0.25, -0.2) is 0 Å². The molecule has 1 saturated heterocycles. The molecule has 0 aromatic carbocycles. The van der Waals surface area contributed by atoms with Crippen LogP contribution in [-0.4, -0.2) is 40.5 Å². The lowest BCUT2D eigenvalue weighted by molar-refractivity contribution is 0.264. The standard InChI is InChI=1S/C13H26N2S2/c1-4-11-10-15(8-9-17-11)7-5-6-13(2,3)12(14)16/h11H,4-10H2,1-3H3,(H2,14,16). The molecular weight excluding hydrogens is 248 g/mol. The Labute approximate surface area is 116 Å². The number of thioether (sulfide) groups is 1. The summed E-state index contributed by atoms with van der Waals surface area (Å²) in [6, 6.07) is 0. The Kier molecular flexibility index (Phi) is 6.24. The van der Waals surface area contributed by atoms with Crippen LogP contribution in [0.3, 0.4) is 0 Å². The minimum Gasteiger partial charge on any atom is -0.393 e. The van der Waals surface area contributed by atoms with E-state index < -0.39 is 0 Å². The molecule has 0 aliphatic carbocycles. The number of nitrogens with two attached hydrogens (primary N) is 1. The number of rotatable bonds is 6. The molecule has 2 N–H and O–H groups in total. The highest BCUT2D eigenvalue weighted by Gasteiger charge is 2.22. The first kappa shape index (κ1) is 15.3. The minimum absolute atomic E-state index is 0.0179. The number of hydrogen-bond acceptors (Lipinski definition) is 3. The van der Waals surface area contributed by atoms with Crippen molar-refractivity contribution in [2.24, 2.45) is 11.1 Å². The maximum atomic E-state index is 5.75. The van der Waals surface area contributed by atoms with E-state index in [1.807, 2.05) is 0 Å². The lowest BCUT2D eigenvalue weighted by Gasteiger charge is -2.32. The molecule has 2 nitrogen and oxygen atoms in total. The monoisotopic (exact) mass is 274 g/mol. The molecule has 0 aromatic heterocycles. The molecule has 0 amide bonds. The van der Waals surface area contributed by atoms with Crippen LogP contribution in [0.5, 0.6) is 0 Å². The van der Waals surface area contributed by atoms with Gasteiger partial charge in [0.2, 0.25) is 0 Å². The van der Waals surface area contributed by atoms with Crippen LogP contribution in [0.4, 0.5) is 0 Å². The van der Waals surface area contributed by atoms with Crippen molar-refractivity contribution < 1.29 is 0 Å². The summed E-state index contributed by atoms with van der Waals surface area (Å²) >= 11 is 7.23. The van der Waals surface area contributed by atoms with Gasteiger partial charge in [0.05, 0.1) is 4.99 Å². The van der Waals surface area contributed by atoms with Gasteiger partial charge >= 0.3 is 0 Å². The van der Waals surface area contributed by atoms with E-state index in [1.54, 1.807) is 0 Å². The fourth-order valence-electron chi connectivity index (χ4n) is 2.10. The highest BCUT2D eigenvalue weighted by atomic mass is 32.2. The summed E-state index contributed by atoms with van der Waals surface area (Å²) in [5.41, 5.74) is 5.77. The number of thiocarbonyl (C=S) groups is 1. The minimum atomic E-state index is 0.0179. The highest BCUT2D eigenvalue weighted by molar-refractivity contribution is 8.00. The van der Waals surface area contributed by atoms with Crippen LogP contribution in [0.1, 0.15) is 40.0 Å². The summed E-state index contributed by atoms with van der Waals surface area (Å²) in [6.07, 6.45) is 3.59. The van der Waals surface area contributed by atoms with Crippen LogP contribution >= 0.6 is 24.0 Å². The molecule has 100 valence electrons. The second-order valence-corrected chi connectivity index (χ2v) is 7.40. The number of nitrogens with zero attached hydrogens (tertiary/aromatic N) is 1. The normalized spacial score (nSPS) is 22.6. The Morgan fingerprint density at radius 2 is 2.24 bits per heavy atom. The molecule has 0 saturated carbocycles. The summed E-state index contributed by atoms with van der Waals surface area (Å²) in [6.45, 7) is 10.3. The van der Waals surface area contributed by atoms with Gasteiger partial charge in [-0.1, -0.05) is 33.0 Å². The van der Waals surface area contributed by atoms with E-state index in [4.69, 9.17) is 18.0 Å². The van der Waals surface area contributed by atoms with E-state index >= 15 is 0 Å². The molecule has 17 heavy (non-hydrogen) atoms. The Morgan fingerprint density at radius 1 is 1.53 bits per heavy atom. The van der Waals surface area contributed by atoms with Crippen molar-refractivity contribution in [2.45, 2.75) is 45.3 Å².